The number of pyridine rings is 1. The van der Waals surface area contributed by atoms with E-state index in [0.29, 0.717) is 15.9 Å². The largest absolute Gasteiger partial charge is 0.496 e. The molecule has 0 fully saturated rings. The molecule has 6 heteroatoms. The van der Waals surface area contributed by atoms with Gasteiger partial charge in [0.1, 0.15) is 21.6 Å². The Morgan fingerprint density at radius 2 is 2.00 bits per heavy atom. The van der Waals surface area contributed by atoms with E-state index in [1.807, 2.05) is 38.1 Å². The monoisotopic (exact) mass is 301 g/mol. The molecule has 2 heterocycles. The summed E-state index contributed by atoms with van der Waals surface area (Å²) in [6.45, 7) is 3.77. The second-order valence-electron chi connectivity index (χ2n) is 4.73. The Morgan fingerprint density at radius 1 is 1.24 bits per heavy atom. The van der Waals surface area contributed by atoms with Crippen LogP contribution >= 0.6 is 0 Å². The summed E-state index contributed by atoms with van der Waals surface area (Å²) in [4.78, 5) is 11.7. The van der Waals surface area contributed by atoms with Crippen LogP contribution in [0.1, 0.15) is 11.1 Å². The number of aryl methyl sites for hydroxylation is 1. The molecule has 0 saturated carbocycles. The molecule has 5 nitrogen and oxygen atoms in total. The molecule has 0 amide bonds. The molecule has 0 spiro atoms. The fourth-order valence-corrected chi connectivity index (χ4v) is 3.40. The zero-order chi connectivity index (χ0) is 15.0. The summed E-state index contributed by atoms with van der Waals surface area (Å²) in [6, 6.07) is 7.58. The first-order valence-corrected chi connectivity index (χ1v) is 7.63. The number of rotatable bonds is 3. The van der Waals surface area contributed by atoms with E-state index in [0.717, 1.165) is 22.2 Å². The number of aromatic amines is 1. The van der Waals surface area contributed by atoms with Gasteiger partial charge in [-0.05, 0) is 26.0 Å². The van der Waals surface area contributed by atoms with E-state index in [1.54, 1.807) is 13.3 Å². The number of nitrogens with one attached hydrogen (secondary N) is 1. The van der Waals surface area contributed by atoms with Crippen molar-refractivity contribution in [3.8, 4) is 5.75 Å². The maximum Gasteiger partial charge on any atom is 0.204 e. The molecule has 0 aliphatic rings. The predicted molar refractivity (Wildman–Crippen MR) is 81.0 cm³/mol. The number of methoxy groups -OCH3 is 1. The minimum atomic E-state index is -1.47. The van der Waals surface area contributed by atoms with Gasteiger partial charge in [-0.3, -0.25) is 0 Å². The van der Waals surface area contributed by atoms with Crippen LogP contribution < -0.4 is 4.74 Å². The minimum absolute atomic E-state index is 0.401. The first-order valence-electron chi connectivity index (χ1n) is 6.48. The highest BCUT2D eigenvalue weighted by Crippen LogP contribution is 2.27. The van der Waals surface area contributed by atoms with Gasteiger partial charge in [-0.15, -0.1) is 0 Å². The maximum absolute atomic E-state index is 12.7. The Hall–Kier alpha value is -2.21. The van der Waals surface area contributed by atoms with E-state index in [1.165, 1.54) is 0 Å². The molecule has 0 aliphatic carbocycles. The van der Waals surface area contributed by atoms with Crippen molar-refractivity contribution in [3.05, 3.63) is 41.6 Å². The van der Waals surface area contributed by atoms with Crippen molar-refractivity contribution >= 4 is 21.8 Å². The molecule has 3 aromatic rings. The number of fused-ring (bicyclic) bond motifs is 1. The van der Waals surface area contributed by atoms with E-state index in [9.17, 15) is 4.21 Å². The second kappa shape index (κ2) is 5.29. The molecular formula is C15H15N3O2S. The molecule has 0 saturated heterocycles. The van der Waals surface area contributed by atoms with Gasteiger partial charge in [0.05, 0.1) is 18.1 Å². The Labute approximate surface area is 124 Å². The van der Waals surface area contributed by atoms with Gasteiger partial charge in [0.25, 0.3) is 0 Å². The van der Waals surface area contributed by atoms with Crippen LogP contribution in [0.2, 0.25) is 0 Å². The number of benzene rings is 1. The van der Waals surface area contributed by atoms with Crippen LogP contribution in [0.4, 0.5) is 0 Å². The summed E-state index contributed by atoms with van der Waals surface area (Å²) >= 11 is 0. The van der Waals surface area contributed by atoms with Crippen molar-refractivity contribution in [1.82, 2.24) is 15.0 Å². The summed E-state index contributed by atoms with van der Waals surface area (Å²) < 4.78 is 18.1. The van der Waals surface area contributed by atoms with Crippen LogP contribution in [-0.2, 0) is 10.8 Å². The fraction of sp³-hybridized carbons (Fsp3) is 0.200. The summed E-state index contributed by atoms with van der Waals surface area (Å²) in [5.41, 5.74) is 3.34. The number of hydrogen-bond donors (Lipinski definition) is 1. The molecule has 0 aliphatic heterocycles. The van der Waals surface area contributed by atoms with Crippen LogP contribution in [0.25, 0.3) is 11.0 Å². The van der Waals surface area contributed by atoms with E-state index in [2.05, 4.69) is 15.0 Å². The Morgan fingerprint density at radius 3 is 2.71 bits per heavy atom. The third-order valence-corrected chi connectivity index (χ3v) is 4.63. The van der Waals surface area contributed by atoms with Gasteiger partial charge in [-0.2, -0.15) is 0 Å². The van der Waals surface area contributed by atoms with Gasteiger partial charge in [0.15, 0.2) is 0 Å². The molecule has 2 aromatic heterocycles. The number of aromatic nitrogens is 3. The van der Waals surface area contributed by atoms with E-state index in [4.69, 9.17) is 4.74 Å². The molecule has 1 unspecified atom stereocenters. The van der Waals surface area contributed by atoms with E-state index < -0.39 is 10.8 Å². The minimum Gasteiger partial charge on any atom is -0.496 e. The second-order valence-corrected chi connectivity index (χ2v) is 6.04. The van der Waals surface area contributed by atoms with Gasteiger partial charge in [0.2, 0.25) is 5.16 Å². The molecular weight excluding hydrogens is 286 g/mol. The lowest BCUT2D eigenvalue weighted by atomic mass is 10.2. The number of ether oxygens (including phenoxy) is 1. The van der Waals surface area contributed by atoms with Crippen molar-refractivity contribution in [2.75, 3.05) is 7.11 Å². The van der Waals surface area contributed by atoms with Crippen molar-refractivity contribution in [2.45, 2.75) is 24.0 Å². The molecule has 0 radical (unpaired) electrons. The van der Waals surface area contributed by atoms with Gasteiger partial charge < -0.3 is 9.72 Å². The summed E-state index contributed by atoms with van der Waals surface area (Å²) in [6.07, 6.45) is 1.67. The van der Waals surface area contributed by atoms with Crippen molar-refractivity contribution in [3.63, 3.8) is 0 Å². The van der Waals surface area contributed by atoms with Gasteiger partial charge in [0, 0.05) is 17.3 Å². The molecule has 108 valence electrons. The highest BCUT2D eigenvalue weighted by Gasteiger charge is 2.19. The third kappa shape index (κ3) is 2.31. The summed E-state index contributed by atoms with van der Waals surface area (Å²) in [7, 11) is 0.131. The van der Waals surface area contributed by atoms with Crippen molar-refractivity contribution in [2.24, 2.45) is 0 Å². The van der Waals surface area contributed by atoms with Crippen LogP contribution in [0.15, 0.2) is 40.6 Å². The van der Waals surface area contributed by atoms with E-state index in [-0.39, 0.29) is 0 Å². The SMILES string of the molecule is COc1c(C)cnc(S(=O)c2nc3ccccc3[nH]2)c1C. The predicted octanol–water partition coefficient (Wildman–Crippen LogP) is 2.75. The molecule has 21 heavy (non-hydrogen) atoms. The first kappa shape index (κ1) is 13.8. The number of hydrogen-bond acceptors (Lipinski definition) is 4. The smallest absolute Gasteiger partial charge is 0.204 e. The van der Waals surface area contributed by atoms with Gasteiger partial charge in [-0.1, -0.05) is 12.1 Å². The number of imidazole rings is 1. The van der Waals surface area contributed by atoms with Crippen LogP contribution in [0.5, 0.6) is 5.75 Å². The standard InChI is InChI=1S/C15H15N3O2S/c1-9-8-16-14(10(2)13(9)20-3)21(19)15-17-11-6-4-5-7-12(11)18-15/h4-8H,1-3H3,(H,17,18). The molecule has 1 atom stereocenters. The van der Waals surface area contributed by atoms with Crippen molar-refractivity contribution < 1.29 is 8.95 Å². The number of nitrogens with zero attached hydrogens (tertiary/aromatic N) is 2. The number of para-hydroxylation sites is 2. The summed E-state index contributed by atoms with van der Waals surface area (Å²) in [5, 5.41) is 0.870. The Balaban J connectivity index is 2.10. The first-order chi connectivity index (χ1) is 10.1. The average Bonchev–Trinajstić information content (AvgIpc) is 2.91. The molecule has 1 aromatic carbocycles. The van der Waals surface area contributed by atoms with Crippen LogP contribution in [0, 0.1) is 13.8 Å². The third-order valence-electron chi connectivity index (χ3n) is 3.32. The lowest BCUT2D eigenvalue weighted by molar-refractivity contribution is 0.405. The highest BCUT2D eigenvalue weighted by atomic mass is 32.2. The van der Waals surface area contributed by atoms with Crippen LogP contribution in [0.3, 0.4) is 0 Å². The van der Waals surface area contributed by atoms with Crippen molar-refractivity contribution in [1.29, 1.82) is 0 Å². The zero-order valence-electron chi connectivity index (χ0n) is 12.0. The lowest BCUT2D eigenvalue weighted by Crippen LogP contribution is -2.04. The maximum atomic E-state index is 12.7. The average molecular weight is 301 g/mol. The molecule has 0 bridgehead atoms. The quantitative estimate of drug-likeness (QED) is 0.807. The Bertz CT molecular complexity index is 809. The normalized spacial score (nSPS) is 12.5. The Kier molecular flexibility index (Phi) is 3.47. The van der Waals surface area contributed by atoms with E-state index >= 15 is 0 Å². The lowest BCUT2D eigenvalue weighted by Gasteiger charge is -2.10. The topological polar surface area (TPSA) is 67.9 Å². The van der Waals surface area contributed by atoms with Gasteiger partial charge >= 0.3 is 0 Å². The summed E-state index contributed by atoms with van der Waals surface area (Å²) in [5.74, 6) is 0.712. The highest BCUT2D eigenvalue weighted by molar-refractivity contribution is 7.84. The number of H-pyrrole nitrogens is 1. The van der Waals surface area contributed by atoms with Crippen LogP contribution in [-0.4, -0.2) is 26.3 Å². The van der Waals surface area contributed by atoms with Gasteiger partial charge in [-0.25, -0.2) is 14.2 Å². The molecule has 3 rings (SSSR count). The molecule has 1 N–H and O–H groups in total. The fourth-order valence-electron chi connectivity index (χ4n) is 2.31. The zero-order valence-corrected chi connectivity index (χ0v) is 12.8.